The average Bonchev–Trinajstić information content (AvgIpc) is 2.65. The van der Waals surface area contributed by atoms with Gasteiger partial charge in [0.1, 0.15) is 0 Å². The van der Waals surface area contributed by atoms with Crippen LogP contribution in [0.3, 0.4) is 0 Å². The Morgan fingerprint density at radius 1 is 0.900 bits per heavy atom. The minimum atomic E-state index is -0.449. The fourth-order valence-corrected chi connectivity index (χ4v) is 3.69. The second kappa shape index (κ2) is 9.90. The molecule has 0 bridgehead atoms. The number of aryl methyl sites for hydroxylation is 4. The van der Waals surface area contributed by atoms with Gasteiger partial charge >= 0.3 is 0 Å². The first kappa shape index (κ1) is 23.6. The van der Waals surface area contributed by atoms with E-state index in [2.05, 4.69) is 36.6 Å². The Kier molecular flexibility index (Phi) is 7.79. The van der Waals surface area contributed by atoms with Crippen molar-refractivity contribution in [3.05, 3.63) is 58.1 Å². The molecule has 162 valence electrons. The maximum Gasteiger partial charge on any atom is 0.241 e. The molecule has 2 aromatic rings. The van der Waals surface area contributed by atoms with E-state index in [1.54, 1.807) is 11.9 Å². The standard InChI is InChI=1S/C25H35N3O2/c1-15(2)21-11-9-10-17(4)24(21)27-25(30)20(7)28(8)14-22(29)26-23-18(5)12-16(3)13-19(23)6/h9-13,15,20H,14H2,1-8H3,(H,26,29)(H,27,30)/t20-/m0/s1. The molecule has 2 N–H and O–H groups in total. The van der Waals surface area contributed by atoms with Gasteiger partial charge in [-0.15, -0.1) is 0 Å². The summed E-state index contributed by atoms with van der Waals surface area (Å²) >= 11 is 0. The highest BCUT2D eigenvalue weighted by Gasteiger charge is 2.22. The monoisotopic (exact) mass is 409 g/mol. The molecular formula is C25H35N3O2. The molecule has 5 nitrogen and oxygen atoms in total. The number of hydrogen-bond acceptors (Lipinski definition) is 3. The van der Waals surface area contributed by atoms with Crippen LogP contribution < -0.4 is 10.6 Å². The Balaban J connectivity index is 2.05. The summed E-state index contributed by atoms with van der Waals surface area (Å²) in [5.74, 6) is 0.0511. The maximum absolute atomic E-state index is 12.9. The van der Waals surface area contributed by atoms with Gasteiger partial charge in [0.2, 0.25) is 11.8 Å². The molecule has 0 saturated heterocycles. The lowest BCUT2D eigenvalue weighted by atomic mass is 9.98. The minimum Gasteiger partial charge on any atom is -0.324 e. The van der Waals surface area contributed by atoms with Gasteiger partial charge in [-0.05, 0) is 69.8 Å². The summed E-state index contributed by atoms with van der Waals surface area (Å²) in [5, 5.41) is 6.08. The molecule has 0 unspecified atom stereocenters. The number of anilines is 2. The summed E-state index contributed by atoms with van der Waals surface area (Å²) in [5.41, 5.74) is 7.10. The fourth-order valence-electron chi connectivity index (χ4n) is 3.69. The molecule has 0 radical (unpaired) electrons. The third-order valence-corrected chi connectivity index (χ3v) is 5.55. The highest BCUT2D eigenvalue weighted by Crippen LogP contribution is 2.27. The van der Waals surface area contributed by atoms with Crippen LogP contribution in [0, 0.1) is 27.7 Å². The number of likely N-dealkylation sites (N-methyl/N-ethyl adjacent to an activating group) is 1. The average molecular weight is 410 g/mol. The Morgan fingerprint density at radius 2 is 1.50 bits per heavy atom. The van der Waals surface area contributed by atoms with Crippen LogP contribution in [0.2, 0.25) is 0 Å². The Labute approximate surface area is 180 Å². The van der Waals surface area contributed by atoms with E-state index >= 15 is 0 Å². The zero-order chi connectivity index (χ0) is 22.6. The van der Waals surface area contributed by atoms with Crippen molar-refractivity contribution >= 4 is 23.2 Å². The fraction of sp³-hybridized carbons (Fsp3) is 0.440. The van der Waals surface area contributed by atoms with E-state index in [0.29, 0.717) is 5.92 Å². The van der Waals surface area contributed by atoms with E-state index in [9.17, 15) is 9.59 Å². The van der Waals surface area contributed by atoms with Gasteiger partial charge in [0, 0.05) is 11.4 Å². The molecule has 1 atom stereocenters. The van der Waals surface area contributed by atoms with E-state index in [-0.39, 0.29) is 18.4 Å². The molecule has 0 fully saturated rings. The number of nitrogens with one attached hydrogen (secondary N) is 2. The molecule has 0 aliphatic heterocycles. The van der Waals surface area contributed by atoms with Gasteiger partial charge < -0.3 is 10.6 Å². The normalized spacial score (nSPS) is 12.2. The van der Waals surface area contributed by atoms with Gasteiger partial charge in [0.25, 0.3) is 0 Å². The van der Waals surface area contributed by atoms with Crippen molar-refractivity contribution in [2.45, 2.75) is 60.4 Å². The van der Waals surface area contributed by atoms with Crippen molar-refractivity contribution < 1.29 is 9.59 Å². The topological polar surface area (TPSA) is 61.4 Å². The van der Waals surface area contributed by atoms with Gasteiger partial charge in [-0.2, -0.15) is 0 Å². The highest BCUT2D eigenvalue weighted by atomic mass is 16.2. The lowest BCUT2D eigenvalue weighted by molar-refractivity contribution is -0.122. The van der Waals surface area contributed by atoms with E-state index in [1.165, 1.54) is 5.56 Å². The Hall–Kier alpha value is -2.66. The molecule has 0 spiro atoms. The second-order valence-electron chi connectivity index (χ2n) is 8.60. The number of carbonyl (C=O) groups is 2. The van der Waals surface area contributed by atoms with E-state index in [0.717, 1.165) is 33.6 Å². The van der Waals surface area contributed by atoms with Crippen LogP contribution in [-0.4, -0.2) is 36.3 Å². The third-order valence-electron chi connectivity index (χ3n) is 5.55. The van der Waals surface area contributed by atoms with Gasteiger partial charge in [-0.1, -0.05) is 49.7 Å². The van der Waals surface area contributed by atoms with Crippen LogP contribution in [0.5, 0.6) is 0 Å². The SMILES string of the molecule is Cc1cc(C)c(NC(=O)CN(C)[C@@H](C)C(=O)Nc2c(C)cccc2C(C)C)c(C)c1. The highest BCUT2D eigenvalue weighted by molar-refractivity contribution is 5.97. The molecule has 0 aliphatic carbocycles. The molecule has 0 aromatic heterocycles. The van der Waals surface area contributed by atoms with E-state index in [4.69, 9.17) is 0 Å². The summed E-state index contributed by atoms with van der Waals surface area (Å²) in [6.07, 6.45) is 0. The predicted octanol–water partition coefficient (Wildman–Crippen LogP) is 4.94. The van der Waals surface area contributed by atoms with Crippen LogP contribution in [-0.2, 0) is 9.59 Å². The molecule has 0 aliphatic rings. The second-order valence-corrected chi connectivity index (χ2v) is 8.60. The van der Waals surface area contributed by atoms with Crippen molar-refractivity contribution in [2.24, 2.45) is 0 Å². The number of para-hydroxylation sites is 1. The zero-order valence-electron chi connectivity index (χ0n) is 19.5. The molecule has 30 heavy (non-hydrogen) atoms. The van der Waals surface area contributed by atoms with Crippen molar-refractivity contribution in [3.8, 4) is 0 Å². The zero-order valence-corrected chi connectivity index (χ0v) is 19.5. The number of nitrogens with zero attached hydrogens (tertiary/aromatic N) is 1. The van der Waals surface area contributed by atoms with Crippen molar-refractivity contribution in [1.29, 1.82) is 0 Å². The summed E-state index contributed by atoms with van der Waals surface area (Å²) < 4.78 is 0. The smallest absolute Gasteiger partial charge is 0.241 e. The van der Waals surface area contributed by atoms with Crippen LogP contribution in [0.15, 0.2) is 30.3 Å². The maximum atomic E-state index is 12.9. The molecule has 0 saturated carbocycles. The van der Waals surface area contributed by atoms with E-state index < -0.39 is 6.04 Å². The van der Waals surface area contributed by atoms with Crippen LogP contribution in [0.1, 0.15) is 54.5 Å². The lowest BCUT2D eigenvalue weighted by Crippen LogP contribution is -2.43. The van der Waals surface area contributed by atoms with Gasteiger partial charge in [-0.25, -0.2) is 0 Å². The molecule has 5 heteroatoms. The van der Waals surface area contributed by atoms with Crippen LogP contribution >= 0.6 is 0 Å². The third kappa shape index (κ3) is 5.70. The summed E-state index contributed by atoms with van der Waals surface area (Å²) in [6.45, 7) is 14.2. The first-order valence-corrected chi connectivity index (χ1v) is 10.5. The van der Waals surface area contributed by atoms with Gasteiger partial charge in [0.15, 0.2) is 0 Å². The summed E-state index contributed by atoms with van der Waals surface area (Å²) in [7, 11) is 1.79. The lowest BCUT2D eigenvalue weighted by Gasteiger charge is -2.25. The van der Waals surface area contributed by atoms with Crippen molar-refractivity contribution in [2.75, 3.05) is 24.2 Å². The largest absolute Gasteiger partial charge is 0.324 e. The molecule has 2 aromatic carbocycles. The Bertz CT molecular complexity index is 911. The molecular weight excluding hydrogens is 374 g/mol. The van der Waals surface area contributed by atoms with Crippen LogP contribution in [0.4, 0.5) is 11.4 Å². The summed E-state index contributed by atoms with van der Waals surface area (Å²) in [4.78, 5) is 27.3. The molecule has 0 heterocycles. The number of rotatable bonds is 7. The number of hydrogen-bond donors (Lipinski definition) is 2. The Morgan fingerprint density at radius 3 is 2.07 bits per heavy atom. The predicted molar refractivity (Wildman–Crippen MR) is 125 cm³/mol. The molecule has 2 rings (SSSR count). The molecule has 2 amide bonds. The number of benzene rings is 2. The van der Waals surface area contributed by atoms with Gasteiger partial charge in [-0.3, -0.25) is 14.5 Å². The van der Waals surface area contributed by atoms with E-state index in [1.807, 2.05) is 52.8 Å². The minimum absolute atomic E-state index is 0.121. The van der Waals surface area contributed by atoms with Gasteiger partial charge in [0.05, 0.1) is 12.6 Å². The first-order valence-electron chi connectivity index (χ1n) is 10.5. The summed E-state index contributed by atoms with van der Waals surface area (Å²) in [6, 6.07) is 9.70. The first-order chi connectivity index (χ1) is 14.0. The van der Waals surface area contributed by atoms with Crippen molar-refractivity contribution in [1.82, 2.24) is 4.90 Å². The number of carbonyl (C=O) groups excluding carboxylic acids is 2. The van der Waals surface area contributed by atoms with Crippen LogP contribution in [0.25, 0.3) is 0 Å². The number of amides is 2. The quantitative estimate of drug-likeness (QED) is 0.681. The van der Waals surface area contributed by atoms with Crippen molar-refractivity contribution in [3.63, 3.8) is 0 Å².